The summed E-state index contributed by atoms with van der Waals surface area (Å²) in [5.41, 5.74) is 3.40. The molecule has 0 aromatic heterocycles. The fourth-order valence-corrected chi connectivity index (χ4v) is 1.79. The number of benzene rings is 1. The van der Waals surface area contributed by atoms with Gasteiger partial charge in [0, 0.05) is 19.7 Å². The third-order valence-corrected chi connectivity index (χ3v) is 2.75. The molecule has 98 valence electrons. The van der Waals surface area contributed by atoms with E-state index in [1.54, 1.807) is 20.0 Å². The fraction of sp³-hybridized carbons (Fsp3) is 0.400. The number of nitrogens with zero attached hydrogens (tertiary/aromatic N) is 1. The van der Waals surface area contributed by atoms with Crippen LogP contribution in [0.4, 0.5) is 0 Å². The number of likely N-dealkylation sites (N-methyl/N-ethyl adjacent to an activating group) is 1. The highest BCUT2D eigenvalue weighted by molar-refractivity contribution is 5.91. The van der Waals surface area contributed by atoms with Crippen molar-refractivity contribution in [1.82, 2.24) is 4.90 Å². The van der Waals surface area contributed by atoms with E-state index in [0.29, 0.717) is 6.54 Å². The van der Waals surface area contributed by atoms with E-state index in [0.717, 1.165) is 11.1 Å². The first-order chi connectivity index (χ1) is 8.40. The fourth-order valence-electron chi connectivity index (χ4n) is 1.79. The molecule has 1 unspecified atom stereocenters. The zero-order chi connectivity index (χ0) is 13.7. The molecule has 3 nitrogen and oxygen atoms in total. The molecule has 1 amide bonds. The Morgan fingerprint density at radius 2 is 2.11 bits per heavy atom. The Morgan fingerprint density at radius 3 is 2.67 bits per heavy atom. The van der Waals surface area contributed by atoms with Gasteiger partial charge in [0.05, 0.1) is 6.10 Å². The molecule has 1 rings (SSSR count). The second kappa shape index (κ2) is 6.36. The van der Waals surface area contributed by atoms with Gasteiger partial charge < -0.3 is 10.0 Å². The maximum atomic E-state index is 11.8. The average Bonchev–Trinajstić information content (AvgIpc) is 2.26. The highest BCUT2D eigenvalue weighted by Crippen LogP contribution is 2.12. The number of carbonyl (C=O) groups is 1. The Kier molecular flexibility index (Phi) is 5.10. The maximum absolute atomic E-state index is 11.8. The van der Waals surface area contributed by atoms with Gasteiger partial charge in [-0.1, -0.05) is 23.8 Å². The zero-order valence-electron chi connectivity index (χ0n) is 11.5. The quantitative estimate of drug-likeness (QED) is 0.828. The molecular formula is C15H21NO2. The summed E-state index contributed by atoms with van der Waals surface area (Å²) in [7, 11) is 1.68. The van der Waals surface area contributed by atoms with Gasteiger partial charge in [-0.05, 0) is 38.0 Å². The smallest absolute Gasteiger partial charge is 0.246 e. The van der Waals surface area contributed by atoms with Crippen molar-refractivity contribution in [3.8, 4) is 0 Å². The summed E-state index contributed by atoms with van der Waals surface area (Å²) >= 11 is 0. The number of aliphatic hydroxyl groups excluding tert-OH is 1. The molecule has 0 bridgehead atoms. The Labute approximate surface area is 109 Å². The molecule has 0 radical (unpaired) electrons. The van der Waals surface area contributed by atoms with E-state index < -0.39 is 6.10 Å². The van der Waals surface area contributed by atoms with Crippen molar-refractivity contribution in [2.24, 2.45) is 0 Å². The van der Waals surface area contributed by atoms with E-state index in [1.807, 2.05) is 32.1 Å². The molecule has 0 saturated carbocycles. The monoisotopic (exact) mass is 247 g/mol. The van der Waals surface area contributed by atoms with Crippen LogP contribution in [0.15, 0.2) is 24.3 Å². The van der Waals surface area contributed by atoms with Gasteiger partial charge in [0.25, 0.3) is 0 Å². The lowest BCUT2D eigenvalue weighted by Gasteiger charge is -2.16. The van der Waals surface area contributed by atoms with Gasteiger partial charge in [0.15, 0.2) is 0 Å². The second-order valence-corrected chi connectivity index (χ2v) is 4.76. The minimum atomic E-state index is -0.506. The maximum Gasteiger partial charge on any atom is 0.246 e. The molecule has 0 saturated heterocycles. The summed E-state index contributed by atoms with van der Waals surface area (Å²) in [6.45, 7) is 6.08. The summed E-state index contributed by atoms with van der Waals surface area (Å²) in [4.78, 5) is 13.3. The lowest BCUT2D eigenvalue weighted by molar-refractivity contribution is -0.125. The second-order valence-electron chi connectivity index (χ2n) is 4.76. The highest BCUT2D eigenvalue weighted by atomic mass is 16.3. The first kappa shape index (κ1) is 14.5. The summed E-state index contributed by atoms with van der Waals surface area (Å²) in [6, 6.07) is 6.11. The van der Waals surface area contributed by atoms with Crippen LogP contribution in [-0.2, 0) is 4.79 Å². The van der Waals surface area contributed by atoms with Gasteiger partial charge in [-0.3, -0.25) is 4.79 Å². The van der Waals surface area contributed by atoms with Crippen molar-refractivity contribution in [2.75, 3.05) is 13.6 Å². The Morgan fingerprint density at radius 1 is 1.44 bits per heavy atom. The predicted octanol–water partition coefficient (Wildman–Crippen LogP) is 2.16. The van der Waals surface area contributed by atoms with Crippen molar-refractivity contribution in [3.05, 3.63) is 41.0 Å². The minimum absolute atomic E-state index is 0.101. The first-order valence-corrected chi connectivity index (χ1v) is 6.08. The van der Waals surface area contributed by atoms with Gasteiger partial charge in [0.2, 0.25) is 5.91 Å². The standard InChI is InChI=1S/C15H21NO2/c1-11-5-6-14(12(2)9-11)7-8-15(18)16(4)10-13(3)17/h5-9,13,17H,10H2,1-4H3. The van der Waals surface area contributed by atoms with Crippen molar-refractivity contribution < 1.29 is 9.90 Å². The molecule has 0 spiro atoms. The topological polar surface area (TPSA) is 40.5 Å². The van der Waals surface area contributed by atoms with Crippen molar-refractivity contribution in [2.45, 2.75) is 26.9 Å². The van der Waals surface area contributed by atoms with E-state index >= 15 is 0 Å². The van der Waals surface area contributed by atoms with Crippen LogP contribution in [0.1, 0.15) is 23.6 Å². The number of aliphatic hydroxyl groups is 1. The van der Waals surface area contributed by atoms with Crippen LogP contribution in [0.3, 0.4) is 0 Å². The van der Waals surface area contributed by atoms with Crippen molar-refractivity contribution in [1.29, 1.82) is 0 Å². The van der Waals surface area contributed by atoms with Crippen LogP contribution in [-0.4, -0.2) is 35.6 Å². The Balaban J connectivity index is 2.71. The number of aryl methyl sites for hydroxylation is 2. The number of hydrogen-bond acceptors (Lipinski definition) is 2. The highest BCUT2D eigenvalue weighted by Gasteiger charge is 2.07. The number of rotatable bonds is 4. The van der Waals surface area contributed by atoms with Gasteiger partial charge in [0.1, 0.15) is 0 Å². The van der Waals surface area contributed by atoms with E-state index in [9.17, 15) is 9.90 Å². The normalized spacial score (nSPS) is 12.7. The predicted molar refractivity (Wildman–Crippen MR) is 74.3 cm³/mol. The third-order valence-electron chi connectivity index (χ3n) is 2.75. The molecule has 1 aromatic rings. The molecule has 3 heteroatoms. The molecule has 1 N–H and O–H groups in total. The third kappa shape index (κ3) is 4.34. The summed E-state index contributed by atoms with van der Waals surface area (Å²) in [5.74, 6) is -0.101. The van der Waals surface area contributed by atoms with E-state index in [1.165, 1.54) is 10.5 Å². The zero-order valence-corrected chi connectivity index (χ0v) is 11.5. The van der Waals surface area contributed by atoms with Crippen LogP contribution in [0.2, 0.25) is 0 Å². The summed E-state index contributed by atoms with van der Waals surface area (Å²) in [6.07, 6.45) is 2.85. The summed E-state index contributed by atoms with van der Waals surface area (Å²) < 4.78 is 0. The molecule has 0 aliphatic rings. The van der Waals surface area contributed by atoms with Crippen LogP contribution >= 0.6 is 0 Å². The van der Waals surface area contributed by atoms with Gasteiger partial charge in [-0.25, -0.2) is 0 Å². The Hall–Kier alpha value is -1.61. The van der Waals surface area contributed by atoms with Gasteiger partial charge in [-0.15, -0.1) is 0 Å². The molecule has 0 aliphatic carbocycles. The minimum Gasteiger partial charge on any atom is -0.392 e. The molecule has 18 heavy (non-hydrogen) atoms. The molecule has 0 heterocycles. The van der Waals surface area contributed by atoms with Crippen molar-refractivity contribution in [3.63, 3.8) is 0 Å². The average molecular weight is 247 g/mol. The van der Waals surface area contributed by atoms with Crippen LogP contribution in [0.25, 0.3) is 6.08 Å². The van der Waals surface area contributed by atoms with Crippen molar-refractivity contribution >= 4 is 12.0 Å². The molecule has 1 aromatic carbocycles. The molecule has 0 fully saturated rings. The van der Waals surface area contributed by atoms with Gasteiger partial charge >= 0.3 is 0 Å². The summed E-state index contributed by atoms with van der Waals surface area (Å²) in [5, 5.41) is 9.21. The molecule has 1 atom stereocenters. The SMILES string of the molecule is Cc1ccc(C=CC(=O)N(C)CC(C)O)c(C)c1. The molecule has 0 aliphatic heterocycles. The van der Waals surface area contributed by atoms with E-state index in [4.69, 9.17) is 0 Å². The number of amides is 1. The number of hydrogen-bond donors (Lipinski definition) is 1. The van der Waals surface area contributed by atoms with Crippen LogP contribution in [0, 0.1) is 13.8 Å². The Bertz CT molecular complexity index is 450. The molecular weight excluding hydrogens is 226 g/mol. The lowest BCUT2D eigenvalue weighted by Crippen LogP contribution is -2.31. The van der Waals surface area contributed by atoms with Crippen LogP contribution < -0.4 is 0 Å². The lowest BCUT2D eigenvalue weighted by atomic mass is 10.1. The number of carbonyl (C=O) groups excluding carboxylic acids is 1. The van der Waals surface area contributed by atoms with Gasteiger partial charge in [-0.2, -0.15) is 0 Å². The van der Waals surface area contributed by atoms with E-state index in [2.05, 4.69) is 6.07 Å². The largest absolute Gasteiger partial charge is 0.392 e. The first-order valence-electron chi connectivity index (χ1n) is 6.08. The van der Waals surface area contributed by atoms with Crippen LogP contribution in [0.5, 0.6) is 0 Å². The van der Waals surface area contributed by atoms with E-state index in [-0.39, 0.29) is 5.91 Å².